The van der Waals surface area contributed by atoms with Crippen LogP contribution in [-0.2, 0) is 14.3 Å². The predicted octanol–water partition coefficient (Wildman–Crippen LogP) is 0.294. The summed E-state index contributed by atoms with van der Waals surface area (Å²) in [6, 6.07) is 0. The van der Waals surface area contributed by atoms with Gasteiger partial charge in [-0.3, -0.25) is 9.59 Å². The molecule has 0 fully saturated rings. The van der Waals surface area contributed by atoms with Crippen molar-refractivity contribution >= 4 is 28.9 Å². The second kappa shape index (κ2) is 9.71. The van der Waals surface area contributed by atoms with Crippen molar-refractivity contribution in [1.82, 2.24) is 10.6 Å². The SMILES string of the molecule is COC(=O)NC/C=C/C(=O)SCCNC(C)=O. The van der Waals surface area contributed by atoms with Gasteiger partial charge in [-0.15, -0.1) is 0 Å². The average Bonchev–Trinajstić information content (AvgIpc) is 2.29. The molecule has 0 saturated carbocycles. The summed E-state index contributed by atoms with van der Waals surface area (Å²) in [5.74, 6) is 0.406. The minimum atomic E-state index is -0.541. The van der Waals surface area contributed by atoms with Crippen molar-refractivity contribution in [1.29, 1.82) is 0 Å². The van der Waals surface area contributed by atoms with Crippen LogP contribution in [0.15, 0.2) is 12.2 Å². The van der Waals surface area contributed by atoms with Crippen LogP contribution in [0.25, 0.3) is 0 Å². The zero-order chi connectivity index (χ0) is 13.1. The first kappa shape index (κ1) is 15.5. The van der Waals surface area contributed by atoms with Gasteiger partial charge in [-0.1, -0.05) is 17.8 Å². The first-order chi connectivity index (χ1) is 8.06. The molecule has 0 aromatic carbocycles. The minimum absolute atomic E-state index is 0.115. The molecule has 0 heterocycles. The van der Waals surface area contributed by atoms with E-state index in [4.69, 9.17) is 0 Å². The van der Waals surface area contributed by atoms with Gasteiger partial charge in [0.05, 0.1) is 7.11 Å². The molecule has 0 atom stereocenters. The lowest BCUT2D eigenvalue weighted by Gasteiger charge is -1.99. The van der Waals surface area contributed by atoms with Gasteiger partial charge in [-0.25, -0.2) is 4.79 Å². The predicted molar refractivity (Wildman–Crippen MR) is 65.7 cm³/mol. The highest BCUT2D eigenvalue weighted by molar-refractivity contribution is 8.14. The van der Waals surface area contributed by atoms with Gasteiger partial charge < -0.3 is 15.4 Å². The summed E-state index contributed by atoms with van der Waals surface area (Å²) >= 11 is 1.10. The molecule has 0 saturated heterocycles. The third kappa shape index (κ3) is 10.8. The van der Waals surface area contributed by atoms with Crippen molar-refractivity contribution in [2.24, 2.45) is 0 Å². The van der Waals surface area contributed by atoms with Crippen LogP contribution in [0.4, 0.5) is 4.79 Å². The first-order valence-corrected chi connectivity index (χ1v) is 5.94. The fourth-order valence-electron chi connectivity index (χ4n) is 0.796. The summed E-state index contributed by atoms with van der Waals surface area (Å²) in [5.41, 5.74) is 0. The Labute approximate surface area is 104 Å². The number of amides is 2. The van der Waals surface area contributed by atoms with Crippen molar-refractivity contribution in [3.8, 4) is 0 Å². The van der Waals surface area contributed by atoms with E-state index < -0.39 is 6.09 Å². The molecule has 0 aliphatic rings. The van der Waals surface area contributed by atoms with E-state index in [1.807, 2.05) is 0 Å². The molecule has 0 unspecified atom stereocenters. The molecule has 6 nitrogen and oxygen atoms in total. The van der Waals surface area contributed by atoms with E-state index in [0.717, 1.165) is 11.8 Å². The van der Waals surface area contributed by atoms with E-state index in [0.29, 0.717) is 12.3 Å². The molecule has 0 aromatic rings. The molecule has 7 heteroatoms. The van der Waals surface area contributed by atoms with E-state index in [2.05, 4.69) is 15.4 Å². The maximum atomic E-state index is 11.2. The zero-order valence-electron chi connectivity index (χ0n) is 9.82. The monoisotopic (exact) mass is 260 g/mol. The second-order valence-corrected chi connectivity index (χ2v) is 4.02. The highest BCUT2D eigenvalue weighted by atomic mass is 32.2. The molecule has 0 radical (unpaired) electrons. The summed E-state index contributed by atoms with van der Waals surface area (Å²) in [4.78, 5) is 32.4. The van der Waals surface area contributed by atoms with Gasteiger partial charge in [0.15, 0.2) is 0 Å². The Balaban J connectivity index is 3.54. The molecule has 0 aromatic heterocycles. The molecule has 0 bridgehead atoms. The van der Waals surface area contributed by atoms with E-state index in [9.17, 15) is 14.4 Å². The van der Waals surface area contributed by atoms with Gasteiger partial charge in [-0.2, -0.15) is 0 Å². The van der Waals surface area contributed by atoms with Gasteiger partial charge >= 0.3 is 6.09 Å². The van der Waals surface area contributed by atoms with Crippen LogP contribution in [0, 0.1) is 0 Å². The lowest BCUT2D eigenvalue weighted by molar-refractivity contribution is -0.118. The Kier molecular flexibility index (Phi) is 8.85. The summed E-state index contributed by atoms with van der Waals surface area (Å²) < 4.78 is 4.34. The van der Waals surface area contributed by atoms with Crippen LogP contribution in [-0.4, -0.2) is 43.1 Å². The Bertz CT molecular complexity index is 305. The third-order valence-electron chi connectivity index (χ3n) is 1.52. The molecule has 0 aliphatic heterocycles. The number of hydrogen-bond acceptors (Lipinski definition) is 5. The van der Waals surface area contributed by atoms with E-state index in [1.54, 1.807) is 0 Å². The number of rotatable bonds is 6. The van der Waals surface area contributed by atoms with Crippen LogP contribution >= 0.6 is 11.8 Å². The number of carbonyl (C=O) groups is 3. The van der Waals surface area contributed by atoms with Crippen molar-refractivity contribution in [2.75, 3.05) is 26.0 Å². The van der Waals surface area contributed by atoms with E-state index >= 15 is 0 Å². The molecular weight excluding hydrogens is 244 g/mol. The quantitative estimate of drug-likeness (QED) is 0.530. The Morgan fingerprint density at radius 3 is 2.59 bits per heavy atom. The van der Waals surface area contributed by atoms with Gasteiger partial charge in [0.2, 0.25) is 11.0 Å². The van der Waals surface area contributed by atoms with Crippen LogP contribution < -0.4 is 10.6 Å². The standard InChI is InChI=1S/C10H16N2O4S/c1-8(13)11-6-7-17-9(14)4-3-5-12-10(15)16-2/h3-4H,5-7H2,1-2H3,(H,11,13)(H,12,15)/b4-3+. The number of alkyl carbamates (subject to hydrolysis) is 1. The van der Waals surface area contributed by atoms with Gasteiger partial charge in [-0.05, 0) is 6.08 Å². The van der Waals surface area contributed by atoms with Crippen molar-refractivity contribution in [3.63, 3.8) is 0 Å². The molecular formula is C10H16N2O4S. The highest BCUT2D eigenvalue weighted by Crippen LogP contribution is 2.01. The summed E-state index contributed by atoms with van der Waals surface area (Å²) in [7, 11) is 1.27. The van der Waals surface area contributed by atoms with Crippen LogP contribution in [0.5, 0.6) is 0 Å². The Hall–Kier alpha value is -1.50. The Morgan fingerprint density at radius 2 is 2.00 bits per heavy atom. The fourth-order valence-corrected chi connectivity index (χ4v) is 1.39. The zero-order valence-corrected chi connectivity index (χ0v) is 10.6. The number of nitrogens with one attached hydrogen (secondary N) is 2. The van der Waals surface area contributed by atoms with Crippen LogP contribution in [0.1, 0.15) is 6.92 Å². The smallest absolute Gasteiger partial charge is 0.407 e. The third-order valence-corrected chi connectivity index (χ3v) is 2.35. The van der Waals surface area contributed by atoms with Gasteiger partial charge in [0.1, 0.15) is 0 Å². The molecule has 17 heavy (non-hydrogen) atoms. The normalized spacial score (nSPS) is 10.0. The van der Waals surface area contributed by atoms with Crippen LogP contribution in [0.3, 0.4) is 0 Å². The van der Waals surface area contributed by atoms with Crippen LogP contribution in [0.2, 0.25) is 0 Å². The van der Waals surface area contributed by atoms with Crippen molar-refractivity contribution in [2.45, 2.75) is 6.92 Å². The molecule has 0 rings (SSSR count). The molecule has 2 N–H and O–H groups in total. The minimum Gasteiger partial charge on any atom is -0.453 e. The van der Waals surface area contributed by atoms with Crippen molar-refractivity contribution < 1.29 is 19.1 Å². The van der Waals surface area contributed by atoms with E-state index in [-0.39, 0.29) is 17.6 Å². The molecule has 0 spiro atoms. The average molecular weight is 260 g/mol. The van der Waals surface area contributed by atoms with Gasteiger partial charge in [0, 0.05) is 25.8 Å². The largest absolute Gasteiger partial charge is 0.453 e. The Morgan fingerprint density at radius 1 is 1.29 bits per heavy atom. The maximum absolute atomic E-state index is 11.2. The summed E-state index contributed by atoms with van der Waals surface area (Å²) in [6.07, 6.45) is 2.36. The molecule has 96 valence electrons. The maximum Gasteiger partial charge on any atom is 0.407 e. The topological polar surface area (TPSA) is 84.5 Å². The lowest BCUT2D eigenvalue weighted by atomic mass is 10.5. The summed E-state index contributed by atoms with van der Waals surface area (Å²) in [6.45, 7) is 2.12. The van der Waals surface area contributed by atoms with E-state index in [1.165, 1.54) is 26.2 Å². The lowest BCUT2D eigenvalue weighted by Crippen LogP contribution is -2.23. The first-order valence-electron chi connectivity index (χ1n) is 4.95. The number of ether oxygens (including phenoxy) is 1. The number of hydrogen-bond donors (Lipinski definition) is 2. The highest BCUT2D eigenvalue weighted by Gasteiger charge is 1.98. The number of methoxy groups -OCH3 is 1. The number of thioether (sulfide) groups is 1. The molecule has 0 aliphatic carbocycles. The second-order valence-electron chi connectivity index (χ2n) is 2.93. The fraction of sp³-hybridized carbons (Fsp3) is 0.500. The van der Waals surface area contributed by atoms with Crippen molar-refractivity contribution in [3.05, 3.63) is 12.2 Å². The summed E-state index contributed by atoms with van der Waals surface area (Å²) in [5, 5.41) is 4.86. The van der Waals surface area contributed by atoms with Gasteiger partial charge in [0.25, 0.3) is 0 Å². The molecule has 2 amide bonds. The number of carbonyl (C=O) groups excluding carboxylic acids is 3.